The van der Waals surface area contributed by atoms with E-state index in [9.17, 15) is 4.79 Å². The Labute approximate surface area is 206 Å². The van der Waals surface area contributed by atoms with Crippen LogP contribution < -0.4 is 0 Å². The lowest BCUT2D eigenvalue weighted by atomic mass is 9.46. The van der Waals surface area contributed by atoms with E-state index in [0.717, 1.165) is 12.0 Å². The van der Waals surface area contributed by atoms with Crippen LogP contribution in [0.4, 0.5) is 0 Å². The molecule has 0 unspecified atom stereocenters. The maximum atomic E-state index is 12.8. The van der Waals surface area contributed by atoms with Gasteiger partial charge in [-0.05, 0) is 118 Å². The molecule has 0 aromatic heterocycles. The second kappa shape index (κ2) is 8.14. The molecule has 32 heavy (non-hydrogen) atoms. The van der Waals surface area contributed by atoms with Crippen molar-refractivity contribution in [2.45, 2.75) is 116 Å². The van der Waals surface area contributed by atoms with Gasteiger partial charge in [-0.2, -0.15) is 0 Å². The molecule has 0 aromatic rings. The predicted octanol–water partition coefficient (Wildman–Crippen LogP) is 7.33. The standard InChI is InChI=1S/C26H45BrO3Si2/c1-16-19(28)13-15-26(3)18-12-14-25(2)17(10-11-20(25)29-31(4,5)6)21(18)24(23(27)22(16)26)30-32(7,8)9/h17-18,20-21,23-24H,10-15H2,1-9H3/t17-,18-,20-,21-,23-,24+,25-,26+/m0/s1. The molecule has 8 atom stereocenters. The molecule has 4 rings (SSSR count). The molecule has 0 saturated heterocycles. The smallest absolute Gasteiger partial charge is 0.184 e. The molecule has 0 amide bonds. The minimum absolute atomic E-state index is 0.106. The van der Waals surface area contributed by atoms with E-state index in [1.807, 2.05) is 0 Å². The van der Waals surface area contributed by atoms with E-state index >= 15 is 0 Å². The van der Waals surface area contributed by atoms with Crippen LogP contribution in [0.25, 0.3) is 0 Å². The summed E-state index contributed by atoms with van der Waals surface area (Å²) in [6.45, 7) is 21.0. The summed E-state index contributed by atoms with van der Waals surface area (Å²) < 4.78 is 13.9. The van der Waals surface area contributed by atoms with Crippen LogP contribution >= 0.6 is 15.9 Å². The van der Waals surface area contributed by atoms with Crippen molar-refractivity contribution < 1.29 is 13.6 Å². The molecule has 0 spiro atoms. The monoisotopic (exact) mass is 540 g/mol. The number of carbonyl (C=O) groups excluding carboxylic acids is 1. The number of hydrogen-bond acceptors (Lipinski definition) is 3. The number of fused-ring (bicyclic) bond motifs is 5. The number of hydrogen-bond donors (Lipinski definition) is 0. The Hall–Kier alpha value is 0.244. The van der Waals surface area contributed by atoms with Crippen molar-refractivity contribution >= 4 is 38.3 Å². The Morgan fingerprint density at radius 3 is 2.12 bits per heavy atom. The third-order valence-corrected chi connectivity index (χ3v) is 12.3. The Bertz CT molecular complexity index is 813. The second-order valence-electron chi connectivity index (χ2n) is 13.6. The van der Waals surface area contributed by atoms with Gasteiger partial charge in [0.05, 0.1) is 17.0 Å². The van der Waals surface area contributed by atoms with Crippen LogP contribution in [0.1, 0.15) is 59.3 Å². The lowest BCUT2D eigenvalue weighted by Gasteiger charge is -2.62. The van der Waals surface area contributed by atoms with E-state index in [1.54, 1.807) is 0 Å². The van der Waals surface area contributed by atoms with E-state index in [1.165, 1.54) is 31.3 Å². The van der Waals surface area contributed by atoms with Gasteiger partial charge in [0.15, 0.2) is 22.4 Å². The zero-order valence-electron chi connectivity index (χ0n) is 21.8. The fourth-order valence-electron chi connectivity index (χ4n) is 8.06. The molecule has 4 aliphatic rings. The largest absolute Gasteiger partial charge is 0.414 e. The molecule has 4 aliphatic carbocycles. The lowest BCUT2D eigenvalue weighted by molar-refractivity contribution is -0.124. The fraction of sp³-hybridized carbons (Fsp3) is 0.885. The van der Waals surface area contributed by atoms with Crippen LogP contribution in [-0.4, -0.2) is 39.5 Å². The molecular formula is C26H45BrO3Si2. The van der Waals surface area contributed by atoms with Crippen molar-refractivity contribution in [2.75, 3.05) is 0 Å². The summed E-state index contributed by atoms with van der Waals surface area (Å²) >= 11 is 4.16. The minimum atomic E-state index is -1.77. The Morgan fingerprint density at radius 1 is 0.906 bits per heavy atom. The van der Waals surface area contributed by atoms with E-state index < -0.39 is 16.6 Å². The molecule has 182 valence electrons. The highest BCUT2D eigenvalue weighted by atomic mass is 79.9. The quantitative estimate of drug-likeness (QED) is 0.276. The van der Waals surface area contributed by atoms with Crippen LogP contribution in [0, 0.1) is 28.6 Å². The number of rotatable bonds is 4. The Kier molecular flexibility index (Phi) is 6.45. The normalized spacial score (nSPS) is 44.9. The van der Waals surface area contributed by atoms with Crippen molar-refractivity contribution in [3.05, 3.63) is 11.1 Å². The van der Waals surface area contributed by atoms with Crippen LogP contribution in [0.2, 0.25) is 39.3 Å². The van der Waals surface area contributed by atoms with Crippen LogP contribution in [0.15, 0.2) is 11.1 Å². The van der Waals surface area contributed by atoms with E-state index in [-0.39, 0.29) is 21.8 Å². The van der Waals surface area contributed by atoms with Gasteiger partial charge >= 0.3 is 0 Å². The molecule has 3 saturated carbocycles. The minimum Gasteiger partial charge on any atom is -0.414 e. The van der Waals surface area contributed by atoms with Gasteiger partial charge in [-0.15, -0.1) is 0 Å². The molecule has 6 heteroatoms. The van der Waals surface area contributed by atoms with Crippen molar-refractivity contribution in [3.8, 4) is 0 Å². The SMILES string of the molecule is CC1=C2[C@H](Br)[C@H](O[Si](C)(C)C)[C@H]3[C@@H]4CC[C@H](O[Si](C)(C)C)[C@@]4(C)CC[C@@H]3[C@@]2(C)CCC1=O. The number of ketones is 1. The maximum Gasteiger partial charge on any atom is 0.184 e. The zero-order valence-corrected chi connectivity index (χ0v) is 25.4. The van der Waals surface area contributed by atoms with Gasteiger partial charge in [0.2, 0.25) is 0 Å². The predicted molar refractivity (Wildman–Crippen MR) is 141 cm³/mol. The molecule has 0 aliphatic heterocycles. The summed E-state index contributed by atoms with van der Waals surface area (Å²) in [4.78, 5) is 12.9. The zero-order chi connectivity index (χ0) is 23.9. The molecule has 0 heterocycles. The first-order valence-electron chi connectivity index (χ1n) is 12.8. The van der Waals surface area contributed by atoms with Gasteiger partial charge in [-0.25, -0.2) is 0 Å². The van der Waals surface area contributed by atoms with Crippen molar-refractivity contribution in [1.29, 1.82) is 0 Å². The van der Waals surface area contributed by atoms with Gasteiger partial charge in [0.25, 0.3) is 0 Å². The van der Waals surface area contributed by atoms with Crippen molar-refractivity contribution in [3.63, 3.8) is 0 Å². The third-order valence-electron chi connectivity index (χ3n) is 9.30. The highest BCUT2D eigenvalue weighted by Crippen LogP contribution is 2.67. The first-order valence-corrected chi connectivity index (χ1v) is 20.6. The van der Waals surface area contributed by atoms with Gasteiger partial charge < -0.3 is 8.85 Å². The average molecular weight is 542 g/mol. The van der Waals surface area contributed by atoms with Gasteiger partial charge in [-0.1, -0.05) is 29.8 Å². The van der Waals surface area contributed by atoms with Crippen LogP contribution in [-0.2, 0) is 13.6 Å². The van der Waals surface area contributed by atoms with Gasteiger partial charge in [0, 0.05) is 6.42 Å². The summed E-state index contributed by atoms with van der Waals surface area (Å²) in [6.07, 6.45) is 7.18. The van der Waals surface area contributed by atoms with Gasteiger partial charge in [-0.3, -0.25) is 4.79 Å². The van der Waals surface area contributed by atoms with E-state index in [2.05, 4.69) is 76.0 Å². The lowest BCUT2D eigenvalue weighted by Crippen LogP contribution is -2.62. The highest BCUT2D eigenvalue weighted by molar-refractivity contribution is 9.09. The molecule has 0 N–H and O–H groups in total. The molecule has 0 bridgehead atoms. The summed E-state index contributed by atoms with van der Waals surface area (Å²) in [5, 5.41) is 0. The second-order valence-corrected chi connectivity index (χ2v) is 23.5. The van der Waals surface area contributed by atoms with Crippen LogP contribution in [0.3, 0.4) is 0 Å². The summed E-state index contributed by atoms with van der Waals surface area (Å²) in [5.41, 5.74) is 2.74. The third kappa shape index (κ3) is 4.12. The Morgan fingerprint density at radius 2 is 1.53 bits per heavy atom. The number of halogens is 1. The molecule has 0 aromatic carbocycles. The molecule has 0 radical (unpaired) electrons. The first kappa shape index (κ1) is 25.3. The first-order chi connectivity index (χ1) is 14.6. The van der Waals surface area contributed by atoms with Crippen molar-refractivity contribution in [1.82, 2.24) is 0 Å². The molecule has 3 fully saturated rings. The van der Waals surface area contributed by atoms with Crippen molar-refractivity contribution in [2.24, 2.45) is 28.6 Å². The average Bonchev–Trinajstić information content (AvgIpc) is 2.96. The summed E-state index contributed by atoms with van der Waals surface area (Å²) in [6, 6.07) is 0. The number of Topliss-reactive ketones (excluding diaryl/α,β-unsaturated/α-hetero) is 1. The summed E-state index contributed by atoms with van der Waals surface area (Å²) in [5.74, 6) is 2.12. The Balaban J connectivity index is 1.79. The maximum absolute atomic E-state index is 12.8. The number of carbonyl (C=O) groups is 1. The van der Waals surface area contributed by atoms with Crippen LogP contribution in [0.5, 0.6) is 0 Å². The summed E-state index contributed by atoms with van der Waals surface area (Å²) in [7, 11) is -3.36. The molecule has 3 nitrogen and oxygen atoms in total. The van der Waals surface area contributed by atoms with E-state index in [0.29, 0.717) is 36.1 Å². The molecular weight excluding hydrogens is 496 g/mol. The highest BCUT2D eigenvalue weighted by Gasteiger charge is 2.64. The van der Waals surface area contributed by atoms with E-state index in [4.69, 9.17) is 8.85 Å². The fourth-order valence-corrected chi connectivity index (χ4v) is 11.9. The topological polar surface area (TPSA) is 35.5 Å². The number of alkyl halides is 1. The van der Waals surface area contributed by atoms with Gasteiger partial charge in [0.1, 0.15) is 0 Å².